The number of hydrogen-bond acceptors (Lipinski definition) is 2. The minimum atomic E-state index is 0.700. The van der Waals surface area contributed by atoms with E-state index in [0.29, 0.717) is 6.04 Å². The van der Waals surface area contributed by atoms with Crippen LogP contribution in [0.3, 0.4) is 0 Å². The Labute approximate surface area is 66.2 Å². The molecule has 0 aromatic carbocycles. The van der Waals surface area contributed by atoms with Gasteiger partial charge in [-0.3, -0.25) is 5.10 Å². The zero-order valence-corrected chi connectivity index (χ0v) is 6.72. The van der Waals surface area contributed by atoms with Crippen LogP contribution in [-0.2, 0) is 6.42 Å². The maximum absolute atomic E-state index is 3.98. The minimum absolute atomic E-state index is 0.700. The van der Waals surface area contributed by atoms with E-state index in [1.807, 2.05) is 6.20 Å². The Hall–Kier alpha value is -0.830. The van der Waals surface area contributed by atoms with Crippen LogP contribution in [0.25, 0.3) is 0 Å². The number of aryl methyl sites for hydroxylation is 1. The predicted octanol–water partition coefficient (Wildman–Crippen LogP) is 0.623. The summed E-state index contributed by atoms with van der Waals surface area (Å²) in [6.07, 6.45) is 4.36. The second-order valence-electron chi connectivity index (χ2n) is 3.16. The molecule has 1 aromatic rings. The van der Waals surface area contributed by atoms with Gasteiger partial charge in [-0.2, -0.15) is 5.10 Å². The summed E-state index contributed by atoms with van der Waals surface area (Å²) in [5.41, 5.74) is 2.56. The molecule has 1 atom stereocenters. The first kappa shape index (κ1) is 6.85. The third kappa shape index (κ3) is 1.28. The highest BCUT2D eigenvalue weighted by Gasteiger charge is 2.17. The zero-order chi connectivity index (χ0) is 7.68. The molecular weight excluding hydrogens is 138 g/mol. The molecule has 0 spiro atoms. The second-order valence-corrected chi connectivity index (χ2v) is 3.16. The van der Waals surface area contributed by atoms with Gasteiger partial charge in [0.15, 0.2) is 0 Å². The lowest BCUT2D eigenvalue weighted by Crippen LogP contribution is -2.44. The van der Waals surface area contributed by atoms with Crippen LogP contribution in [0.5, 0.6) is 0 Å². The number of aromatic nitrogens is 2. The molecule has 2 N–H and O–H groups in total. The largest absolute Gasteiger partial charge is 0.314 e. The van der Waals surface area contributed by atoms with Crippen LogP contribution in [0.1, 0.15) is 17.7 Å². The van der Waals surface area contributed by atoms with Crippen LogP contribution in [0.15, 0.2) is 6.20 Å². The number of hydrogen-bond donors (Lipinski definition) is 2. The molecule has 0 radical (unpaired) electrons. The van der Waals surface area contributed by atoms with Crippen molar-refractivity contribution in [3.8, 4) is 0 Å². The van der Waals surface area contributed by atoms with Crippen molar-refractivity contribution in [2.45, 2.75) is 25.8 Å². The van der Waals surface area contributed by atoms with E-state index in [-0.39, 0.29) is 0 Å². The molecule has 1 aromatic heterocycles. The van der Waals surface area contributed by atoms with Gasteiger partial charge in [-0.15, -0.1) is 0 Å². The molecule has 1 aliphatic heterocycles. The zero-order valence-electron chi connectivity index (χ0n) is 6.72. The highest BCUT2D eigenvalue weighted by molar-refractivity contribution is 5.16. The molecule has 1 aliphatic rings. The molecule has 1 unspecified atom stereocenters. The lowest BCUT2D eigenvalue weighted by atomic mass is 9.99. The third-order valence-corrected chi connectivity index (χ3v) is 2.33. The van der Waals surface area contributed by atoms with E-state index in [0.717, 1.165) is 6.42 Å². The average Bonchev–Trinajstić information content (AvgIpc) is 2.27. The van der Waals surface area contributed by atoms with Gasteiger partial charge in [0.05, 0.1) is 6.20 Å². The summed E-state index contributed by atoms with van der Waals surface area (Å²) in [5, 5.41) is 10.3. The summed E-state index contributed by atoms with van der Waals surface area (Å²) < 4.78 is 0. The molecule has 11 heavy (non-hydrogen) atoms. The molecule has 0 bridgehead atoms. The maximum Gasteiger partial charge on any atom is 0.0522 e. The Morgan fingerprint density at radius 3 is 3.00 bits per heavy atom. The van der Waals surface area contributed by atoms with Crippen molar-refractivity contribution in [1.29, 1.82) is 0 Å². The van der Waals surface area contributed by atoms with Crippen molar-refractivity contribution in [2.75, 3.05) is 6.54 Å². The van der Waals surface area contributed by atoms with E-state index in [2.05, 4.69) is 22.4 Å². The Kier molecular flexibility index (Phi) is 1.66. The van der Waals surface area contributed by atoms with Crippen molar-refractivity contribution in [1.82, 2.24) is 15.5 Å². The first-order chi connectivity index (χ1) is 5.36. The van der Waals surface area contributed by atoms with E-state index >= 15 is 0 Å². The van der Waals surface area contributed by atoms with Crippen molar-refractivity contribution in [2.24, 2.45) is 0 Å². The lowest BCUT2D eigenvalue weighted by molar-refractivity contribution is 0.369. The summed E-state index contributed by atoms with van der Waals surface area (Å²) in [5.74, 6) is 0. The van der Waals surface area contributed by atoms with Crippen molar-refractivity contribution in [3.05, 3.63) is 17.5 Å². The summed E-state index contributed by atoms with van der Waals surface area (Å²) in [6, 6.07) is 0.700. The Balaban J connectivity index is 1.99. The van der Waals surface area contributed by atoms with Gasteiger partial charge >= 0.3 is 0 Å². The number of aromatic amines is 1. The van der Waals surface area contributed by atoms with Crippen molar-refractivity contribution in [3.63, 3.8) is 0 Å². The van der Waals surface area contributed by atoms with Gasteiger partial charge < -0.3 is 5.32 Å². The summed E-state index contributed by atoms with van der Waals surface area (Å²) in [6.45, 7) is 3.25. The fourth-order valence-electron chi connectivity index (χ4n) is 1.37. The van der Waals surface area contributed by atoms with Gasteiger partial charge in [-0.1, -0.05) is 0 Å². The van der Waals surface area contributed by atoms with Gasteiger partial charge in [0.1, 0.15) is 0 Å². The van der Waals surface area contributed by atoms with Crippen LogP contribution in [0.4, 0.5) is 0 Å². The van der Waals surface area contributed by atoms with Gasteiger partial charge in [0.2, 0.25) is 0 Å². The van der Waals surface area contributed by atoms with E-state index in [1.165, 1.54) is 24.2 Å². The van der Waals surface area contributed by atoms with Crippen LogP contribution >= 0.6 is 0 Å². The number of rotatable bonds is 2. The topological polar surface area (TPSA) is 40.7 Å². The normalized spacial score (nSPS) is 23.2. The number of nitrogens with zero attached hydrogens (tertiary/aromatic N) is 1. The van der Waals surface area contributed by atoms with E-state index < -0.39 is 0 Å². The summed E-state index contributed by atoms with van der Waals surface area (Å²) >= 11 is 0. The molecule has 3 nitrogen and oxygen atoms in total. The first-order valence-electron chi connectivity index (χ1n) is 4.08. The molecule has 0 amide bonds. The van der Waals surface area contributed by atoms with E-state index in [9.17, 15) is 0 Å². The summed E-state index contributed by atoms with van der Waals surface area (Å²) in [7, 11) is 0. The molecule has 0 saturated carbocycles. The van der Waals surface area contributed by atoms with Crippen LogP contribution in [0.2, 0.25) is 0 Å². The molecular formula is C8H13N3. The Morgan fingerprint density at radius 2 is 2.55 bits per heavy atom. The SMILES string of the molecule is Cc1[nH]ncc1CC1CCN1. The molecule has 1 saturated heterocycles. The van der Waals surface area contributed by atoms with Crippen LogP contribution in [0, 0.1) is 6.92 Å². The Bertz CT molecular complexity index is 237. The average molecular weight is 151 g/mol. The fourth-order valence-corrected chi connectivity index (χ4v) is 1.37. The fraction of sp³-hybridized carbons (Fsp3) is 0.625. The van der Waals surface area contributed by atoms with E-state index in [4.69, 9.17) is 0 Å². The molecule has 3 heteroatoms. The highest BCUT2D eigenvalue weighted by Crippen LogP contribution is 2.11. The molecule has 1 fully saturated rings. The van der Waals surface area contributed by atoms with Gasteiger partial charge in [0, 0.05) is 11.7 Å². The number of nitrogens with one attached hydrogen (secondary N) is 2. The Morgan fingerprint density at radius 1 is 1.73 bits per heavy atom. The summed E-state index contributed by atoms with van der Waals surface area (Å²) in [4.78, 5) is 0. The standard InChI is InChI=1S/C8H13N3/c1-6-7(5-10-11-6)4-8-2-3-9-8/h5,8-9H,2-4H2,1H3,(H,10,11). The highest BCUT2D eigenvalue weighted by atomic mass is 15.1. The van der Waals surface area contributed by atoms with Crippen molar-refractivity contribution >= 4 is 0 Å². The predicted molar refractivity (Wildman–Crippen MR) is 43.4 cm³/mol. The van der Waals surface area contributed by atoms with Crippen LogP contribution < -0.4 is 5.32 Å². The maximum atomic E-state index is 3.98. The van der Waals surface area contributed by atoms with E-state index in [1.54, 1.807) is 0 Å². The molecule has 2 rings (SSSR count). The molecule has 0 aliphatic carbocycles. The second kappa shape index (κ2) is 2.66. The van der Waals surface area contributed by atoms with Crippen LogP contribution in [-0.4, -0.2) is 22.8 Å². The van der Waals surface area contributed by atoms with Gasteiger partial charge in [0.25, 0.3) is 0 Å². The smallest absolute Gasteiger partial charge is 0.0522 e. The third-order valence-electron chi connectivity index (χ3n) is 2.33. The monoisotopic (exact) mass is 151 g/mol. The first-order valence-corrected chi connectivity index (χ1v) is 4.08. The quantitative estimate of drug-likeness (QED) is 0.650. The van der Waals surface area contributed by atoms with Gasteiger partial charge in [-0.25, -0.2) is 0 Å². The number of H-pyrrole nitrogens is 1. The molecule has 60 valence electrons. The van der Waals surface area contributed by atoms with Gasteiger partial charge in [-0.05, 0) is 31.9 Å². The minimum Gasteiger partial charge on any atom is -0.314 e. The van der Waals surface area contributed by atoms with Crippen molar-refractivity contribution < 1.29 is 0 Å². The molecule has 2 heterocycles. The lowest BCUT2D eigenvalue weighted by Gasteiger charge is -2.27.